The number of pyridine rings is 2. The predicted octanol–water partition coefficient (Wildman–Crippen LogP) is 4.97. The van der Waals surface area contributed by atoms with Crippen molar-refractivity contribution in [1.29, 1.82) is 0 Å². The number of carbonyl (C=O) groups is 1. The van der Waals surface area contributed by atoms with Crippen molar-refractivity contribution in [2.75, 3.05) is 6.54 Å². The average molecular weight is 546 g/mol. The van der Waals surface area contributed by atoms with Crippen LogP contribution in [0.5, 0.6) is 5.75 Å². The van der Waals surface area contributed by atoms with Gasteiger partial charge in [0.1, 0.15) is 11.3 Å². The first-order valence-corrected chi connectivity index (χ1v) is 13.2. The molecule has 4 aromatic rings. The molecular weight excluding hydrogens is 523 g/mol. The van der Waals surface area contributed by atoms with Crippen molar-refractivity contribution in [2.45, 2.75) is 43.0 Å². The van der Waals surface area contributed by atoms with E-state index in [1.807, 2.05) is 0 Å². The zero-order chi connectivity index (χ0) is 27.1. The number of nitrogens with zero attached hydrogens (tertiary/aromatic N) is 3. The van der Waals surface area contributed by atoms with Gasteiger partial charge in [0.25, 0.3) is 10.0 Å². The van der Waals surface area contributed by atoms with E-state index in [0.29, 0.717) is 35.7 Å². The Kier molecular flexibility index (Phi) is 6.70. The van der Waals surface area contributed by atoms with Crippen LogP contribution in [0.4, 0.5) is 13.2 Å². The average Bonchev–Trinajstić information content (AvgIpc) is 3.56. The molecule has 5 rings (SSSR count). The summed E-state index contributed by atoms with van der Waals surface area (Å²) in [6.07, 6.45) is -1.70. The minimum absolute atomic E-state index is 0.0194. The summed E-state index contributed by atoms with van der Waals surface area (Å²) >= 11 is 0. The van der Waals surface area contributed by atoms with Crippen molar-refractivity contribution in [1.82, 2.24) is 14.3 Å². The Hall–Kier alpha value is -3.77. The molecule has 3 aromatic heterocycles. The Balaban J connectivity index is 1.30. The molecule has 1 fully saturated rings. The summed E-state index contributed by atoms with van der Waals surface area (Å²) in [7, 11) is -4.03. The van der Waals surface area contributed by atoms with Crippen LogP contribution in [0.3, 0.4) is 0 Å². The summed E-state index contributed by atoms with van der Waals surface area (Å²) in [6, 6.07) is 11.0. The molecule has 1 aromatic carbocycles. The van der Waals surface area contributed by atoms with Gasteiger partial charge in [0.15, 0.2) is 5.78 Å². The van der Waals surface area contributed by atoms with Gasteiger partial charge in [-0.2, -0.15) is 17.5 Å². The van der Waals surface area contributed by atoms with Crippen LogP contribution in [0.25, 0.3) is 22.2 Å². The number of alkyl halides is 3. The summed E-state index contributed by atoms with van der Waals surface area (Å²) in [4.78, 5) is 21.0. The van der Waals surface area contributed by atoms with E-state index in [4.69, 9.17) is 4.42 Å². The topological polar surface area (TPSA) is 114 Å². The molecule has 38 heavy (non-hydrogen) atoms. The maximum absolute atomic E-state index is 13.3. The number of ketones is 1. The molecule has 0 spiro atoms. The van der Waals surface area contributed by atoms with Gasteiger partial charge in [0.2, 0.25) is 5.09 Å². The molecule has 1 aliphatic rings. The molecule has 12 heteroatoms. The number of rotatable bonds is 7. The Labute approximate surface area is 215 Å². The number of para-hydroxylation sites is 1. The normalized spacial score (nSPS) is 16.8. The Morgan fingerprint density at radius 3 is 2.61 bits per heavy atom. The standard InChI is InChI=1S/C26H22F3N3O5S/c27-26(28,29)17-7-9-20(31-14-17)19-13-18(30-15-23(19)34)8-10-22(33)21-5-3-11-32(21)38(35,36)25-12-16-4-1-2-6-24(16)37-25/h1-2,4,6-7,9,12-15,21,34H,3,5,8,10-11H2/t21-/m0/s1. The SMILES string of the molecule is O=C(CCc1cc(-c2ccc(C(F)(F)F)cn2)c(O)cn1)[C@@H]1CCCN1S(=O)(=O)c1cc2ccccc2o1. The highest BCUT2D eigenvalue weighted by Crippen LogP contribution is 2.33. The summed E-state index contributed by atoms with van der Waals surface area (Å²) in [6.45, 7) is 0.191. The maximum atomic E-state index is 13.3. The summed E-state index contributed by atoms with van der Waals surface area (Å²) in [5.74, 6) is -0.558. The number of aryl methyl sites for hydroxylation is 1. The van der Waals surface area contributed by atoms with E-state index in [1.165, 1.54) is 16.4 Å². The van der Waals surface area contributed by atoms with Gasteiger partial charge < -0.3 is 9.52 Å². The summed E-state index contributed by atoms with van der Waals surface area (Å²) in [5.41, 5.74) is 0.206. The minimum Gasteiger partial charge on any atom is -0.506 e. The molecule has 4 heterocycles. The first kappa shape index (κ1) is 25.9. The van der Waals surface area contributed by atoms with Crippen LogP contribution < -0.4 is 0 Å². The van der Waals surface area contributed by atoms with Crippen LogP contribution in [0.15, 0.2) is 70.4 Å². The lowest BCUT2D eigenvalue weighted by atomic mass is 10.0. The van der Waals surface area contributed by atoms with Crippen LogP contribution in [0.2, 0.25) is 0 Å². The lowest BCUT2D eigenvalue weighted by Gasteiger charge is -2.21. The number of sulfonamides is 1. The molecule has 8 nitrogen and oxygen atoms in total. The molecule has 0 amide bonds. The van der Waals surface area contributed by atoms with Gasteiger partial charge >= 0.3 is 6.18 Å². The highest BCUT2D eigenvalue weighted by atomic mass is 32.2. The largest absolute Gasteiger partial charge is 0.506 e. The molecule has 1 aliphatic heterocycles. The zero-order valence-electron chi connectivity index (χ0n) is 19.9. The number of aromatic hydroxyl groups is 1. The number of fused-ring (bicyclic) bond motifs is 1. The number of carbonyl (C=O) groups excluding carboxylic acids is 1. The van der Waals surface area contributed by atoms with Crippen LogP contribution in [-0.4, -0.2) is 46.2 Å². The number of aromatic nitrogens is 2. The molecule has 0 radical (unpaired) electrons. The van der Waals surface area contributed by atoms with E-state index in [-0.39, 0.29) is 47.3 Å². The number of halogens is 3. The van der Waals surface area contributed by atoms with E-state index >= 15 is 0 Å². The Morgan fingerprint density at radius 1 is 1.11 bits per heavy atom. The third-order valence-electron chi connectivity index (χ3n) is 6.48. The Bertz CT molecular complexity index is 1570. The van der Waals surface area contributed by atoms with E-state index in [9.17, 15) is 31.5 Å². The number of hydrogen-bond acceptors (Lipinski definition) is 7. The highest BCUT2D eigenvalue weighted by Gasteiger charge is 2.40. The number of Topliss-reactive ketones (excluding diaryl/α,β-unsaturated/α-hetero) is 1. The van der Waals surface area contributed by atoms with E-state index in [2.05, 4.69) is 9.97 Å². The van der Waals surface area contributed by atoms with E-state index < -0.39 is 27.8 Å². The monoisotopic (exact) mass is 545 g/mol. The highest BCUT2D eigenvalue weighted by molar-refractivity contribution is 7.89. The zero-order valence-corrected chi connectivity index (χ0v) is 20.7. The van der Waals surface area contributed by atoms with Gasteiger partial charge in [-0.15, -0.1) is 0 Å². The molecular formula is C26H22F3N3O5S. The molecule has 1 atom stereocenters. The lowest BCUT2D eigenvalue weighted by molar-refractivity contribution is -0.137. The van der Waals surface area contributed by atoms with Gasteiger partial charge in [0, 0.05) is 41.9 Å². The maximum Gasteiger partial charge on any atom is 0.417 e. The molecule has 0 bridgehead atoms. The molecule has 1 saturated heterocycles. The Morgan fingerprint density at radius 2 is 1.89 bits per heavy atom. The third-order valence-corrected chi connectivity index (χ3v) is 8.24. The second kappa shape index (κ2) is 9.84. The van der Waals surface area contributed by atoms with Crippen molar-refractivity contribution in [3.63, 3.8) is 0 Å². The van der Waals surface area contributed by atoms with Crippen molar-refractivity contribution in [2.24, 2.45) is 0 Å². The molecule has 198 valence electrons. The van der Waals surface area contributed by atoms with E-state index in [1.54, 1.807) is 24.3 Å². The van der Waals surface area contributed by atoms with Crippen LogP contribution in [0, 0.1) is 0 Å². The second-order valence-corrected chi connectivity index (χ2v) is 10.8. The fourth-order valence-electron chi connectivity index (χ4n) is 4.52. The van der Waals surface area contributed by atoms with Gasteiger partial charge in [-0.1, -0.05) is 18.2 Å². The molecule has 0 saturated carbocycles. The minimum atomic E-state index is -4.54. The number of furan rings is 1. The van der Waals surface area contributed by atoms with Crippen LogP contribution in [0.1, 0.15) is 30.5 Å². The summed E-state index contributed by atoms with van der Waals surface area (Å²) in [5, 5.41) is 10.6. The second-order valence-electron chi connectivity index (χ2n) is 8.97. The number of hydrogen-bond donors (Lipinski definition) is 1. The van der Waals surface area contributed by atoms with Gasteiger partial charge in [0.05, 0.1) is 23.5 Å². The summed E-state index contributed by atoms with van der Waals surface area (Å²) < 4.78 is 71.8. The first-order chi connectivity index (χ1) is 18.0. The van der Waals surface area contributed by atoms with Gasteiger partial charge in [-0.25, -0.2) is 8.42 Å². The van der Waals surface area contributed by atoms with Crippen molar-refractivity contribution in [3.8, 4) is 17.0 Å². The molecule has 0 unspecified atom stereocenters. The fraction of sp³-hybridized carbons (Fsp3) is 0.269. The van der Waals surface area contributed by atoms with Crippen LogP contribution in [-0.2, 0) is 27.4 Å². The number of benzene rings is 1. The van der Waals surface area contributed by atoms with Gasteiger partial charge in [-0.3, -0.25) is 14.8 Å². The quantitative estimate of drug-likeness (QED) is 0.349. The smallest absolute Gasteiger partial charge is 0.417 e. The fourth-order valence-corrected chi connectivity index (χ4v) is 6.15. The molecule has 1 N–H and O–H groups in total. The van der Waals surface area contributed by atoms with Gasteiger partial charge in [-0.05, 0) is 43.5 Å². The van der Waals surface area contributed by atoms with Crippen molar-refractivity contribution < 1.29 is 35.9 Å². The van der Waals surface area contributed by atoms with Crippen LogP contribution >= 0.6 is 0 Å². The predicted molar refractivity (Wildman–Crippen MR) is 131 cm³/mol. The first-order valence-electron chi connectivity index (χ1n) is 11.8. The third kappa shape index (κ3) is 5.01. The van der Waals surface area contributed by atoms with E-state index in [0.717, 1.165) is 18.3 Å². The van der Waals surface area contributed by atoms with Crippen molar-refractivity contribution in [3.05, 3.63) is 72.2 Å². The van der Waals surface area contributed by atoms with Crippen molar-refractivity contribution >= 4 is 26.8 Å². The lowest BCUT2D eigenvalue weighted by Crippen LogP contribution is -2.40. The molecule has 0 aliphatic carbocycles.